The van der Waals surface area contributed by atoms with Gasteiger partial charge in [0.25, 0.3) is 0 Å². The maximum atomic E-state index is 13.4. The van der Waals surface area contributed by atoms with Crippen molar-refractivity contribution in [1.29, 1.82) is 0 Å². The van der Waals surface area contributed by atoms with Gasteiger partial charge >= 0.3 is 6.18 Å². The molecule has 0 atom stereocenters. The standard InChI is InChI=1S/C18H11F4N5O2S2/c19-11-3-1-10(2-4-11)12-7-15(18(20,21)22)26-17(25-12)27-8-13(24-9-27)14-5-6-16(30-14)31(23,28)29/h1-9H,(H2,23,28,29). The summed E-state index contributed by atoms with van der Waals surface area (Å²) >= 11 is 0.865. The number of primary sulfonamides is 1. The van der Waals surface area contributed by atoms with Crippen molar-refractivity contribution in [2.75, 3.05) is 0 Å². The van der Waals surface area contributed by atoms with Crippen LogP contribution in [0.25, 0.3) is 27.8 Å². The van der Waals surface area contributed by atoms with Crippen molar-refractivity contribution in [3.8, 4) is 27.8 Å². The van der Waals surface area contributed by atoms with Gasteiger partial charge in [0.1, 0.15) is 16.4 Å². The first-order valence-electron chi connectivity index (χ1n) is 8.40. The van der Waals surface area contributed by atoms with Crippen molar-refractivity contribution in [1.82, 2.24) is 19.5 Å². The minimum atomic E-state index is -4.74. The van der Waals surface area contributed by atoms with Crippen LogP contribution in [0.3, 0.4) is 0 Å². The van der Waals surface area contributed by atoms with E-state index in [0.717, 1.165) is 29.5 Å². The van der Waals surface area contributed by atoms with Crippen LogP contribution in [0.15, 0.2) is 59.2 Å². The van der Waals surface area contributed by atoms with Crippen LogP contribution in [0.1, 0.15) is 5.69 Å². The number of thiophene rings is 1. The van der Waals surface area contributed by atoms with Gasteiger partial charge in [0.2, 0.25) is 16.0 Å². The zero-order chi connectivity index (χ0) is 22.4. The fraction of sp³-hybridized carbons (Fsp3) is 0.0556. The number of aromatic nitrogens is 4. The zero-order valence-corrected chi connectivity index (χ0v) is 16.8. The predicted octanol–water partition coefficient (Wildman–Crippen LogP) is 3.86. The molecule has 0 fully saturated rings. The van der Waals surface area contributed by atoms with E-state index in [4.69, 9.17) is 5.14 Å². The summed E-state index contributed by atoms with van der Waals surface area (Å²) in [5, 5.41) is 5.09. The highest BCUT2D eigenvalue weighted by molar-refractivity contribution is 7.91. The Morgan fingerprint density at radius 1 is 1.00 bits per heavy atom. The third kappa shape index (κ3) is 4.47. The fourth-order valence-corrected chi connectivity index (χ4v) is 4.32. The number of imidazole rings is 1. The van der Waals surface area contributed by atoms with E-state index in [-0.39, 0.29) is 21.4 Å². The lowest BCUT2D eigenvalue weighted by molar-refractivity contribution is -0.141. The normalized spacial score (nSPS) is 12.3. The van der Waals surface area contributed by atoms with Gasteiger partial charge in [-0.2, -0.15) is 13.2 Å². The Bertz CT molecular complexity index is 1360. The van der Waals surface area contributed by atoms with Crippen molar-refractivity contribution in [3.63, 3.8) is 0 Å². The number of benzene rings is 1. The van der Waals surface area contributed by atoms with Crippen LogP contribution in [0, 0.1) is 5.82 Å². The molecule has 0 aliphatic heterocycles. The summed E-state index contributed by atoms with van der Waals surface area (Å²) in [7, 11) is -3.89. The molecule has 2 N–H and O–H groups in total. The summed E-state index contributed by atoms with van der Waals surface area (Å²) < 4.78 is 77.3. The molecule has 0 amide bonds. The number of nitrogens with two attached hydrogens (primary N) is 1. The number of halogens is 4. The lowest BCUT2D eigenvalue weighted by Gasteiger charge is -2.11. The van der Waals surface area contributed by atoms with E-state index in [2.05, 4.69) is 15.0 Å². The molecule has 31 heavy (non-hydrogen) atoms. The van der Waals surface area contributed by atoms with Crippen molar-refractivity contribution in [2.45, 2.75) is 10.4 Å². The Hall–Kier alpha value is -3.16. The molecule has 0 saturated heterocycles. The van der Waals surface area contributed by atoms with Gasteiger partial charge in [-0.25, -0.2) is 32.9 Å². The molecule has 0 radical (unpaired) electrons. The smallest absolute Gasteiger partial charge is 0.274 e. The van der Waals surface area contributed by atoms with Gasteiger partial charge in [-0.3, -0.25) is 4.57 Å². The molecule has 0 unspecified atom stereocenters. The molecule has 160 valence electrons. The molecule has 7 nitrogen and oxygen atoms in total. The highest BCUT2D eigenvalue weighted by Gasteiger charge is 2.34. The molecule has 0 aliphatic carbocycles. The Labute approximate surface area is 176 Å². The molecule has 4 aromatic rings. The Morgan fingerprint density at radius 2 is 1.71 bits per heavy atom. The quantitative estimate of drug-likeness (QED) is 0.457. The van der Waals surface area contributed by atoms with Crippen LogP contribution in [0.5, 0.6) is 0 Å². The first kappa shape index (κ1) is 21.1. The number of hydrogen-bond donors (Lipinski definition) is 1. The second-order valence-electron chi connectivity index (χ2n) is 6.27. The summed E-state index contributed by atoms with van der Waals surface area (Å²) in [5.41, 5.74) is -0.670. The van der Waals surface area contributed by atoms with Crippen LogP contribution >= 0.6 is 11.3 Å². The topological polar surface area (TPSA) is 104 Å². The SMILES string of the molecule is NS(=O)(=O)c1ccc(-c2cn(-c3nc(-c4ccc(F)cc4)cc(C(F)(F)F)n3)cn2)s1. The van der Waals surface area contributed by atoms with E-state index in [1.165, 1.54) is 41.4 Å². The largest absolute Gasteiger partial charge is 0.433 e. The maximum Gasteiger partial charge on any atom is 0.433 e. The Kier molecular flexibility index (Phi) is 5.11. The molecule has 1 aromatic carbocycles. The number of rotatable bonds is 4. The van der Waals surface area contributed by atoms with Gasteiger partial charge in [0.05, 0.1) is 16.3 Å². The molecular weight excluding hydrogens is 458 g/mol. The van der Waals surface area contributed by atoms with Crippen molar-refractivity contribution in [3.05, 3.63) is 66.5 Å². The van der Waals surface area contributed by atoms with Gasteiger partial charge in [0, 0.05) is 11.8 Å². The van der Waals surface area contributed by atoms with Gasteiger partial charge in [0.15, 0.2) is 5.69 Å². The fourth-order valence-electron chi connectivity index (χ4n) is 2.63. The molecular formula is C18H11F4N5O2S2. The summed E-state index contributed by atoms with van der Waals surface area (Å²) in [5.74, 6) is -0.848. The number of alkyl halides is 3. The van der Waals surface area contributed by atoms with Crippen molar-refractivity contribution < 1.29 is 26.0 Å². The van der Waals surface area contributed by atoms with Crippen LogP contribution < -0.4 is 5.14 Å². The molecule has 3 heterocycles. The third-order valence-corrected chi connectivity index (χ3v) is 6.62. The van der Waals surface area contributed by atoms with E-state index in [1.54, 1.807) is 0 Å². The van der Waals surface area contributed by atoms with E-state index < -0.39 is 27.7 Å². The minimum Gasteiger partial charge on any atom is -0.274 e. The summed E-state index contributed by atoms with van der Waals surface area (Å²) in [6.07, 6.45) is -2.17. The number of hydrogen-bond acceptors (Lipinski definition) is 6. The zero-order valence-electron chi connectivity index (χ0n) is 15.2. The van der Waals surface area contributed by atoms with Crippen LogP contribution in [-0.2, 0) is 16.2 Å². The van der Waals surface area contributed by atoms with Gasteiger partial charge < -0.3 is 0 Å². The molecule has 0 bridgehead atoms. The Balaban J connectivity index is 1.78. The van der Waals surface area contributed by atoms with Crippen LogP contribution in [-0.4, -0.2) is 27.9 Å². The van der Waals surface area contributed by atoms with Crippen LogP contribution in [0.4, 0.5) is 17.6 Å². The Morgan fingerprint density at radius 3 is 2.32 bits per heavy atom. The first-order chi connectivity index (χ1) is 14.5. The second-order valence-corrected chi connectivity index (χ2v) is 9.14. The van der Waals surface area contributed by atoms with Crippen molar-refractivity contribution >= 4 is 21.4 Å². The van der Waals surface area contributed by atoms with Crippen LogP contribution in [0.2, 0.25) is 0 Å². The van der Waals surface area contributed by atoms with Crippen molar-refractivity contribution in [2.24, 2.45) is 5.14 Å². The lowest BCUT2D eigenvalue weighted by atomic mass is 10.1. The summed E-state index contributed by atoms with van der Waals surface area (Å²) in [4.78, 5) is 12.2. The van der Waals surface area contributed by atoms with Gasteiger partial charge in [-0.15, -0.1) is 11.3 Å². The second kappa shape index (κ2) is 7.51. The number of sulfonamides is 1. The highest BCUT2D eigenvalue weighted by Crippen LogP contribution is 2.32. The summed E-state index contributed by atoms with van der Waals surface area (Å²) in [6.45, 7) is 0. The minimum absolute atomic E-state index is 0.0554. The average molecular weight is 469 g/mol. The van der Waals surface area contributed by atoms with Gasteiger partial charge in [-0.05, 0) is 42.5 Å². The summed E-state index contributed by atoms with van der Waals surface area (Å²) in [6, 6.07) is 8.39. The molecule has 3 aromatic heterocycles. The number of nitrogens with zero attached hydrogens (tertiary/aromatic N) is 4. The third-order valence-electron chi connectivity index (χ3n) is 4.07. The van der Waals surface area contributed by atoms with E-state index in [1.807, 2.05) is 0 Å². The average Bonchev–Trinajstić information content (AvgIpc) is 3.37. The first-order valence-corrected chi connectivity index (χ1v) is 10.8. The monoisotopic (exact) mass is 469 g/mol. The molecule has 0 saturated carbocycles. The van der Waals surface area contributed by atoms with Gasteiger partial charge in [-0.1, -0.05) is 0 Å². The van der Waals surface area contributed by atoms with E-state index >= 15 is 0 Å². The molecule has 0 spiro atoms. The van der Waals surface area contributed by atoms with E-state index in [9.17, 15) is 26.0 Å². The highest BCUT2D eigenvalue weighted by atomic mass is 32.2. The molecule has 13 heteroatoms. The van der Waals surface area contributed by atoms with E-state index in [0.29, 0.717) is 10.6 Å². The maximum absolute atomic E-state index is 13.4. The molecule has 4 rings (SSSR count). The molecule has 0 aliphatic rings. The lowest BCUT2D eigenvalue weighted by Crippen LogP contribution is -2.12. The predicted molar refractivity (Wildman–Crippen MR) is 104 cm³/mol.